The zero-order valence-corrected chi connectivity index (χ0v) is 16.8. The largest absolute Gasteiger partial charge is 0.351 e. The molecule has 0 bridgehead atoms. The van der Waals surface area contributed by atoms with Crippen LogP contribution in [-0.4, -0.2) is 58.0 Å². The Hall–Kier alpha value is -2.01. The quantitative estimate of drug-likeness (QED) is 0.595. The minimum Gasteiger partial charge on any atom is -0.282 e. The average molecular weight is 452 g/mol. The number of rotatable bonds is 4. The van der Waals surface area contributed by atoms with Crippen LogP contribution in [0.4, 0.5) is 0 Å². The molecular formula is C17H18BrN5O3S. The fourth-order valence-corrected chi connectivity index (χ4v) is 5.16. The van der Waals surface area contributed by atoms with Gasteiger partial charge in [-0.3, -0.25) is 9.30 Å². The maximum atomic E-state index is 12.8. The first-order chi connectivity index (χ1) is 12.9. The van der Waals surface area contributed by atoms with Crippen molar-refractivity contribution < 1.29 is 8.42 Å². The van der Waals surface area contributed by atoms with E-state index in [1.54, 1.807) is 42.6 Å². The van der Waals surface area contributed by atoms with Gasteiger partial charge in [-0.2, -0.15) is 8.99 Å². The van der Waals surface area contributed by atoms with Crippen molar-refractivity contribution in [3.8, 4) is 0 Å². The van der Waals surface area contributed by atoms with Crippen molar-refractivity contribution in [3.63, 3.8) is 0 Å². The predicted molar refractivity (Wildman–Crippen MR) is 104 cm³/mol. The Bertz CT molecular complexity index is 1130. The van der Waals surface area contributed by atoms with Crippen LogP contribution in [0.15, 0.2) is 62.8 Å². The van der Waals surface area contributed by atoms with Crippen LogP contribution in [-0.2, 0) is 16.7 Å². The molecule has 10 heteroatoms. The lowest BCUT2D eigenvalue weighted by molar-refractivity contribution is 0.144. The molecule has 0 saturated carbocycles. The van der Waals surface area contributed by atoms with E-state index in [-0.39, 0.29) is 10.6 Å². The molecule has 1 aliphatic rings. The molecule has 142 valence electrons. The molecule has 0 radical (unpaired) electrons. The topological polar surface area (TPSA) is 79.9 Å². The predicted octanol–water partition coefficient (Wildman–Crippen LogP) is 1.22. The number of hydrogen-bond donors (Lipinski definition) is 0. The van der Waals surface area contributed by atoms with E-state index in [2.05, 4.69) is 21.0 Å². The van der Waals surface area contributed by atoms with Crippen LogP contribution < -0.4 is 5.69 Å². The number of sulfonamides is 1. The van der Waals surface area contributed by atoms with Gasteiger partial charge in [-0.25, -0.2) is 13.2 Å². The van der Waals surface area contributed by atoms with Gasteiger partial charge in [-0.15, -0.1) is 5.10 Å². The zero-order chi connectivity index (χ0) is 19.0. The van der Waals surface area contributed by atoms with E-state index in [1.165, 1.54) is 13.4 Å². The molecule has 0 unspecified atom stereocenters. The second kappa shape index (κ2) is 7.19. The highest BCUT2D eigenvalue weighted by molar-refractivity contribution is 9.10. The maximum absolute atomic E-state index is 12.8. The van der Waals surface area contributed by atoms with E-state index in [0.29, 0.717) is 38.5 Å². The van der Waals surface area contributed by atoms with Gasteiger partial charge in [-0.1, -0.05) is 28.1 Å². The second-order valence-electron chi connectivity index (χ2n) is 6.33. The minimum absolute atomic E-state index is 0.199. The molecule has 2 aromatic heterocycles. The molecule has 1 saturated heterocycles. The van der Waals surface area contributed by atoms with Gasteiger partial charge < -0.3 is 0 Å². The van der Waals surface area contributed by atoms with Crippen molar-refractivity contribution in [1.29, 1.82) is 0 Å². The highest BCUT2D eigenvalue weighted by Gasteiger charge is 2.29. The summed E-state index contributed by atoms with van der Waals surface area (Å²) in [5.74, 6) is 0. The van der Waals surface area contributed by atoms with Gasteiger partial charge in [0, 0.05) is 36.8 Å². The molecule has 0 aliphatic carbocycles. The second-order valence-corrected chi connectivity index (χ2v) is 9.19. The molecule has 3 heterocycles. The van der Waals surface area contributed by atoms with E-state index in [0.717, 1.165) is 4.47 Å². The fourth-order valence-electron chi connectivity index (χ4n) is 3.14. The minimum atomic E-state index is -3.52. The zero-order valence-electron chi connectivity index (χ0n) is 14.4. The molecule has 1 aliphatic heterocycles. The van der Waals surface area contributed by atoms with Crippen LogP contribution in [0.5, 0.6) is 0 Å². The molecule has 3 aromatic rings. The van der Waals surface area contributed by atoms with E-state index >= 15 is 0 Å². The third-order valence-corrected chi connectivity index (χ3v) is 6.98. The lowest BCUT2D eigenvalue weighted by atomic mass is 10.4. The van der Waals surface area contributed by atoms with Crippen molar-refractivity contribution >= 4 is 31.6 Å². The number of benzene rings is 1. The van der Waals surface area contributed by atoms with Gasteiger partial charge in [0.05, 0.1) is 11.6 Å². The Morgan fingerprint density at radius 3 is 2.52 bits per heavy atom. The Balaban J connectivity index is 1.46. The summed E-state index contributed by atoms with van der Waals surface area (Å²) in [6, 6.07) is 12.1. The first-order valence-electron chi connectivity index (χ1n) is 8.47. The SMILES string of the molecule is O=c1n(CN2CCN(S(=O)(=O)c3cccc(Br)c3)CC2)nc2ccccn12. The Morgan fingerprint density at radius 1 is 1.04 bits per heavy atom. The number of halogens is 1. The molecule has 0 atom stereocenters. The summed E-state index contributed by atoms with van der Waals surface area (Å²) in [5.41, 5.74) is 0.396. The van der Waals surface area contributed by atoms with Gasteiger partial charge >= 0.3 is 5.69 Å². The molecule has 27 heavy (non-hydrogen) atoms. The lowest BCUT2D eigenvalue weighted by Crippen LogP contribution is -2.49. The van der Waals surface area contributed by atoms with Crippen molar-refractivity contribution in [2.75, 3.05) is 26.2 Å². The van der Waals surface area contributed by atoms with Gasteiger partial charge in [-0.05, 0) is 30.3 Å². The maximum Gasteiger partial charge on any atom is 0.351 e. The first-order valence-corrected chi connectivity index (χ1v) is 10.7. The van der Waals surface area contributed by atoms with Crippen LogP contribution in [0.2, 0.25) is 0 Å². The third kappa shape index (κ3) is 3.57. The molecule has 1 aromatic carbocycles. The highest BCUT2D eigenvalue weighted by atomic mass is 79.9. The van der Waals surface area contributed by atoms with Crippen LogP contribution >= 0.6 is 15.9 Å². The van der Waals surface area contributed by atoms with Crippen molar-refractivity contribution in [2.24, 2.45) is 0 Å². The fraction of sp³-hybridized carbons (Fsp3) is 0.294. The first kappa shape index (κ1) is 18.4. The number of fused-ring (bicyclic) bond motifs is 1. The molecule has 4 rings (SSSR count). The van der Waals surface area contributed by atoms with Crippen LogP contribution in [0.25, 0.3) is 5.65 Å². The van der Waals surface area contributed by atoms with Crippen LogP contribution in [0, 0.1) is 0 Å². The molecule has 0 amide bonds. The van der Waals surface area contributed by atoms with Crippen molar-refractivity contribution in [1.82, 2.24) is 23.4 Å². The summed E-state index contributed by atoms with van der Waals surface area (Å²) in [4.78, 5) is 14.7. The number of hydrogen-bond acceptors (Lipinski definition) is 5. The smallest absolute Gasteiger partial charge is 0.282 e. The lowest BCUT2D eigenvalue weighted by Gasteiger charge is -2.33. The summed E-state index contributed by atoms with van der Waals surface area (Å²) in [6.07, 6.45) is 1.68. The van der Waals surface area contributed by atoms with Crippen LogP contribution in [0.3, 0.4) is 0 Å². The normalized spacial score (nSPS) is 16.8. The van der Waals surface area contributed by atoms with E-state index < -0.39 is 10.0 Å². The summed E-state index contributed by atoms with van der Waals surface area (Å²) < 4.78 is 30.7. The highest BCUT2D eigenvalue weighted by Crippen LogP contribution is 2.21. The number of piperazine rings is 1. The summed E-state index contributed by atoms with van der Waals surface area (Å²) in [6.45, 7) is 2.15. The standard InChI is InChI=1S/C17H18BrN5O3S/c18-14-4-3-5-15(12-14)27(25,26)21-10-8-20(9-11-21)13-23-17(24)22-7-2-1-6-16(22)19-23/h1-7,12H,8-11,13H2. The summed E-state index contributed by atoms with van der Waals surface area (Å²) in [7, 11) is -3.52. The van der Waals surface area contributed by atoms with E-state index in [1.807, 2.05) is 11.0 Å². The third-order valence-electron chi connectivity index (χ3n) is 4.59. The van der Waals surface area contributed by atoms with Crippen LogP contribution in [0.1, 0.15) is 0 Å². The van der Waals surface area contributed by atoms with Gasteiger partial charge in [0.15, 0.2) is 5.65 Å². The molecule has 0 N–H and O–H groups in total. The Labute approximate surface area is 164 Å². The van der Waals surface area contributed by atoms with Crippen molar-refractivity contribution in [2.45, 2.75) is 11.6 Å². The Morgan fingerprint density at radius 2 is 1.81 bits per heavy atom. The molecule has 1 fully saturated rings. The molecule has 8 nitrogen and oxygen atoms in total. The van der Waals surface area contributed by atoms with Crippen molar-refractivity contribution in [3.05, 3.63) is 63.6 Å². The van der Waals surface area contributed by atoms with Gasteiger partial charge in [0.25, 0.3) is 0 Å². The number of pyridine rings is 1. The summed E-state index contributed by atoms with van der Waals surface area (Å²) >= 11 is 3.31. The van der Waals surface area contributed by atoms with Gasteiger partial charge in [0.2, 0.25) is 10.0 Å². The van der Waals surface area contributed by atoms with E-state index in [4.69, 9.17) is 0 Å². The molecule has 0 spiro atoms. The Kier molecular flexibility index (Phi) is 4.89. The summed E-state index contributed by atoms with van der Waals surface area (Å²) in [5, 5.41) is 4.32. The average Bonchev–Trinajstić information content (AvgIpc) is 2.98. The van der Waals surface area contributed by atoms with Gasteiger partial charge in [0.1, 0.15) is 0 Å². The number of nitrogens with zero attached hydrogens (tertiary/aromatic N) is 5. The number of aromatic nitrogens is 3. The van der Waals surface area contributed by atoms with E-state index in [9.17, 15) is 13.2 Å². The monoisotopic (exact) mass is 451 g/mol. The molecular weight excluding hydrogens is 434 g/mol.